The third-order valence-corrected chi connectivity index (χ3v) is 4.89. The van der Waals surface area contributed by atoms with Crippen molar-refractivity contribution in [3.05, 3.63) is 76.8 Å². The normalized spacial score (nSPS) is 10.8. The average molecular weight is 406 g/mol. The molecule has 0 saturated heterocycles. The zero-order chi connectivity index (χ0) is 20.2. The van der Waals surface area contributed by atoms with Gasteiger partial charge in [0.15, 0.2) is 0 Å². The van der Waals surface area contributed by atoms with Crippen molar-refractivity contribution in [1.82, 2.24) is 10.2 Å². The zero-order valence-corrected chi connectivity index (χ0v) is 15.8. The first kappa shape index (κ1) is 18.6. The lowest BCUT2D eigenvalue weighted by atomic mass is 10.1. The molecule has 3 aromatic carbocycles. The van der Waals surface area contributed by atoms with E-state index >= 15 is 0 Å². The number of anilines is 1. The number of carbonyl (C=O) groups excluding carboxylic acids is 1. The van der Waals surface area contributed by atoms with Crippen LogP contribution in [0.2, 0.25) is 0 Å². The summed E-state index contributed by atoms with van der Waals surface area (Å²) >= 11 is 1.09. The minimum absolute atomic E-state index is 0.0651. The number of nitro groups is 1. The molecule has 8 nitrogen and oxygen atoms in total. The number of fused-ring (bicyclic) bond motifs is 1. The van der Waals surface area contributed by atoms with Gasteiger partial charge in [0.05, 0.1) is 10.7 Å². The van der Waals surface area contributed by atoms with Gasteiger partial charge in [0.2, 0.25) is 11.8 Å². The fourth-order valence-corrected chi connectivity index (χ4v) is 3.29. The Bertz CT molecular complexity index is 1210. The Labute approximate surface area is 169 Å². The molecular weight excluding hydrogens is 392 g/mol. The summed E-state index contributed by atoms with van der Waals surface area (Å²) < 4.78 is 5.50. The van der Waals surface area contributed by atoms with Crippen LogP contribution < -0.4 is 5.32 Å². The summed E-state index contributed by atoms with van der Waals surface area (Å²) in [4.78, 5) is 22.6. The van der Waals surface area contributed by atoms with Crippen LogP contribution in [-0.4, -0.2) is 26.8 Å². The molecule has 1 aromatic heterocycles. The molecule has 0 spiro atoms. The minimum atomic E-state index is -0.493. The summed E-state index contributed by atoms with van der Waals surface area (Å²) in [7, 11) is 0. The smallest absolute Gasteiger partial charge is 0.277 e. The number of non-ortho nitro benzene ring substituents is 1. The van der Waals surface area contributed by atoms with Gasteiger partial charge in [-0.3, -0.25) is 14.9 Å². The molecule has 0 saturated carbocycles. The van der Waals surface area contributed by atoms with Crippen LogP contribution in [0.15, 0.2) is 76.4 Å². The molecule has 4 rings (SSSR count). The third kappa shape index (κ3) is 4.41. The van der Waals surface area contributed by atoms with Crippen LogP contribution in [0.1, 0.15) is 0 Å². The first-order valence-electron chi connectivity index (χ1n) is 8.58. The standard InChI is InChI=1S/C20H14N4O4S/c25-18(21-16-9-8-13-4-1-2-5-14(13)10-16)12-29-20-23-22-19(28-20)15-6-3-7-17(11-15)24(26)27/h1-11H,12H2,(H,21,25). The Morgan fingerprint density at radius 1 is 1.03 bits per heavy atom. The number of benzene rings is 3. The number of hydrogen-bond donors (Lipinski definition) is 1. The van der Waals surface area contributed by atoms with Gasteiger partial charge < -0.3 is 9.73 Å². The van der Waals surface area contributed by atoms with Gasteiger partial charge >= 0.3 is 0 Å². The summed E-state index contributed by atoms with van der Waals surface area (Å²) in [5, 5.41) is 23.8. The first-order chi connectivity index (χ1) is 14.1. The quantitative estimate of drug-likeness (QED) is 0.284. The number of thioether (sulfide) groups is 1. The summed E-state index contributed by atoms with van der Waals surface area (Å²) in [5.41, 5.74) is 1.08. The van der Waals surface area contributed by atoms with Gasteiger partial charge in [-0.2, -0.15) is 0 Å². The molecule has 0 fully saturated rings. The molecule has 0 bridgehead atoms. The van der Waals surface area contributed by atoms with E-state index in [2.05, 4.69) is 15.5 Å². The topological polar surface area (TPSA) is 111 Å². The first-order valence-corrected chi connectivity index (χ1v) is 9.57. The molecular formula is C20H14N4O4S. The lowest BCUT2D eigenvalue weighted by Crippen LogP contribution is -2.13. The molecule has 0 atom stereocenters. The van der Waals surface area contributed by atoms with Crippen LogP contribution >= 0.6 is 11.8 Å². The maximum atomic E-state index is 12.2. The predicted octanol–water partition coefficient (Wildman–Crippen LogP) is 4.53. The number of nitrogens with one attached hydrogen (secondary N) is 1. The number of rotatable bonds is 6. The zero-order valence-electron chi connectivity index (χ0n) is 14.9. The molecule has 144 valence electrons. The predicted molar refractivity (Wildman–Crippen MR) is 110 cm³/mol. The molecule has 0 aliphatic heterocycles. The van der Waals surface area contributed by atoms with Gasteiger partial charge in [0.1, 0.15) is 0 Å². The van der Waals surface area contributed by atoms with Gasteiger partial charge in [-0.25, -0.2) is 0 Å². The van der Waals surface area contributed by atoms with Gasteiger partial charge in [-0.15, -0.1) is 10.2 Å². The van der Waals surface area contributed by atoms with Crippen LogP contribution in [0.25, 0.3) is 22.2 Å². The lowest BCUT2D eigenvalue weighted by Gasteiger charge is -2.05. The van der Waals surface area contributed by atoms with E-state index in [0.717, 1.165) is 22.5 Å². The van der Waals surface area contributed by atoms with E-state index in [-0.39, 0.29) is 28.5 Å². The fourth-order valence-electron chi connectivity index (χ4n) is 2.73. The van der Waals surface area contributed by atoms with Crippen molar-refractivity contribution < 1.29 is 14.1 Å². The third-order valence-electron chi connectivity index (χ3n) is 4.07. The minimum Gasteiger partial charge on any atom is -0.411 e. The van der Waals surface area contributed by atoms with E-state index < -0.39 is 4.92 Å². The monoisotopic (exact) mass is 406 g/mol. The van der Waals surface area contributed by atoms with Crippen molar-refractivity contribution in [3.63, 3.8) is 0 Å². The van der Waals surface area contributed by atoms with E-state index in [0.29, 0.717) is 11.3 Å². The molecule has 0 radical (unpaired) electrons. The number of aromatic nitrogens is 2. The SMILES string of the molecule is O=C(CSc1nnc(-c2cccc([N+](=O)[O-])c2)o1)Nc1ccc2ccccc2c1. The molecule has 0 aliphatic rings. The molecule has 9 heteroatoms. The Balaban J connectivity index is 1.38. The maximum Gasteiger partial charge on any atom is 0.277 e. The van der Waals surface area contributed by atoms with Crippen molar-refractivity contribution >= 4 is 39.8 Å². The van der Waals surface area contributed by atoms with Crippen LogP contribution in [0, 0.1) is 10.1 Å². The number of carbonyl (C=O) groups is 1. The van der Waals surface area contributed by atoms with Crippen LogP contribution in [0.4, 0.5) is 11.4 Å². The van der Waals surface area contributed by atoms with E-state index in [1.54, 1.807) is 12.1 Å². The van der Waals surface area contributed by atoms with Crippen LogP contribution in [0.3, 0.4) is 0 Å². The highest BCUT2D eigenvalue weighted by molar-refractivity contribution is 7.99. The van der Waals surface area contributed by atoms with Crippen molar-refractivity contribution in [1.29, 1.82) is 0 Å². The van der Waals surface area contributed by atoms with E-state index in [4.69, 9.17) is 4.42 Å². The number of nitrogens with zero attached hydrogens (tertiary/aromatic N) is 3. The van der Waals surface area contributed by atoms with Gasteiger partial charge in [-0.1, -0.05) is 48.2 Å². The Morgan fingerprint density at radius 2 is 1.86 bits per heavy atom. The van der Waals surface area contributed by atoms with Crippen molar-refractivity contribution in [2.45, 2.75) is 5.22 Å². The fraction of sp³-hybridized carbons (Fsp3) is 0.0500. The highest BCUT2D eigenvalue weighted by Crippen LogP contribution is 2.26. The summed E-state index contributed by atoms with van der Waals surface area (Å²) in [6.07, 6.45) is 0. The summed E-state index contributed by atoms with van der Waals surface area (Å²) in [5.74, 6) is 0.0372. The number of hydrogen-bond acceptors (Lipinski definition) is 7. The highest BCUT2D eigenvalue weighted by Gasteiger charge is 2.14. The lowest BCUT2D eigenvalue weighted by molar-refractivity contribution is -0.384. The Hall–Kier alpha value is -3.72. The van der Waals surface area contributed by atoms with Crippen LogP contribution in [-0.2, 0) is 4.79 Å². The van der Waals surface area contributed by atoms with E-state index in [9.17, 15) is 14.9 Å². The van der Waals surface area contributed by atoms with E-state index in [1.165, 1.54) is 12.1 Å². The molecule has 0 aliphatic carbocycles. The van der Waals surface area contributed by atoms with E-state index in [1.807, 2.05) is 42.5 Å². The molecule has 1 heterocycles. The summed E-state index contributed by atoms with van der Waals surface area (Å²) in [6.45, 7) is 0. The molecule has 0 unspecified atom stereocenters. The molecule has 4 aromatic rings. The number of amides is 1. The van der Waals surface area contributed by atoms with Crippen molar-refractivity contribution in [3.8, 4) is 11.5 Å². The van der Waals surface area contributed by atoms with Crippen molar-refractivity contribution in [2.24, 2.45) is 0 Å². The van der Waals surface area contributed by atoms with Crippen molar-refractivity contribution in [2.75, 3.05) is 11.1 Å². The second-order valence-electron chi connectivity index (χ2n) is 6.08. The highest BCUT2D eigenvalue weighted by atomic mass is 32.2. The second-order valence-corrected chi connectivity index (χ2v) is 7.01. The Morgan fingerprint density at radius 3 is 2.69 bits per heavy atom. The molecule has 1 amide bonds. The molecule has 1 N–H and O–H groups in total. The molecule has 29 heavy (non-hydrogen) atoms. The van der Waals surface area contributed by atoms with Gasteiger partial charge in [0.25, 0.3) is 10.9 Å². The average Bonchev–Trinajstić information content (AvgIpc) is 3.21. The summed E-state index contributed by atoms with van der Waals surface area (Å²) in [6, 6.07) is 19.5. The Kier molecular flexibility index (Phi) is 5.21. The number of nitro benzene ring substituents is 1. The second kappa shape index (κ2) is 8.11. The van der Waals surface area contributed by atoms with Crippen LogP contribution in [0.5, 0.6) is 0 Å². The van der Waals surface area contributed by atoms with Gasteiger partial charge in [-0.05, 0) is 29.0 Å². The maximum absolute atomic E-state index is 12.2. The van der Waals surface area contributed by atoms with Gasteiger partial charge in [0, 0.05) is 23.4 Å². The largest absolute Gasteiger partial charge is 0.411 e.